The first kappa shape index (κ1) is 53.3. The van der Waals surface area contributed by atoms with Crippen LogP contribution >= 0.6 is 0 Å². The summed E-state index contributed by atoms with van der Waals surface area (Å²) in [5.74, 6) is 0. The monoisotopic (exact) mass is 896 g/mol. The fourth-order valence-electron chi connectivity index (χ4n) is 6.52. The van der Waals surface area contributed by atoms with Gasteiger partial charge in [-0.25, -0.2) is 4.98 Å². The molecule has 0 bridgehead atoms. The first-order valence-electron chi connectivity index (χ1n) is 19.8. The number of rotatable bonds is 22. The second kappa shape index (κ2) is 30.4. The number of halogens is 3. The minimum Gasteiger partial charge on any atom is -1.00 e. The summed E-state index contributed by atoms with van der Waals surface area (Å²) < 4.78 is 0. The van der Waals surface area contributed by atoms with Gasteiger partial charge in [-0.2, -0.15) is 0 Å². The second-order valence-corrected chi connectivity index (χ2v) is 13.9. The quantitative estimate of drug-likeness (QED) is 0.138. The Labute approximate surface area is 370 Å². The van der Waals surface area contributed by atoms with E-state index in [2.05, 4.69) is 97.9 Å². The molecule has 3 aromatic rings. The number of pyridine rings is 1. The van der Waals surface area contributed by atoms with Crippen molar-refractivity contribution in [2.24, 2.45) is 9.98 Å². The van der Waals surface area contributed by atoms with Crippen LogP contribution in [0.2, 0.25) is 0 Å². The Kier molecular flexibility index (Phi) is 31.1. The molecule has 3 nitrogen and oxygen atoms in total. The molecule has 0 amide bonds. The second-order valence-electron chi connectivity index (χ2n) is 13.9. The number of aliphatic imine (C=N–C) groups is 2. The third kappa shape index (κ3) is 17.3. The van der Waals surface area contributed by atoms with E-state index in [-0.39, 0.29) is 78.1 Å². The maximum absolute atomic E-state index is 5.38. The molecule has 2 aromatic carbocycles. The Balaban J connectivity index is 0. The average Bonchev–Trinajstić information content (AvgIpc) is 3.10. The Hall–Kier alpha value is -0.849. The van der Waals surface area contributed by atoms with Gasteiger partial charge in [0.25, 0.3) is 0 Å². The van der Waals surface area contributed by atoms with Crippen molar-refractivity contribution < 1.29 is 78.1 Å². The molecular formula is C45H67Cl3N3Nd. The SMILES string of the molecule is CCCCc1cc(CCCC)c(N=C(C)c2cccc(C(C)=Nc3c(CCCC)cc(CCCC)cc3CCCC)n2)c(CCCC)c1.[Cl-].[Cl-].[Cl-].[Nd+3]. The number of aromatic nitrogens is 1. The topological polar surface area (TPSA) is 37.6 Å². The van der Waals surface area contributed by atoms with Crippen LogP contribution in [0, 0.1) is 40.8 Å². The van der Waals surface area contributed by atoms with Crippen molar-refractivity contribution >= 4 is 22.8 Å². The molecule has 0 N–H and O–H groups in total. The van der Waals surface area contributed by atoms with Crippen molar-refractivity contribution in [2.75, 3.05) is 0 Å². The number of nitrogens with zero attached hydrogens (tertiary/aromatic N) is 3. The molecule has 7 heteroatoms. The zero-order valence-corrected chi connectivity index (χ0v) is 39.2. The van der Waals surface area contributed by atoms with Gasteiger partial charge in [-0.15, -0.1) is 0 Å². The maximum Gasteiger partial charge on any atom is 3.00 e. The molecule has 1 radical (unpaired) electrons. The van der Waals surface area contributed by atoms with Crippen LogP contribution in [-0.2, 0) is 38.5 Å². The summed E-state index contributed by atoms with van der Waals surface area (Å²) in [5, 5.41) is 0. The minimum atomic E-state index is 0. The van der Waals surface area contributed by atoms with Crippen molar-refractivity contribution in [3.05, 3.63) is 87.2 Å². The summed E-state index contributed by atoms with van der Waals surface area (Å²) in [4.78, 5) is 16.0. The van der Waals surface area contributed by atoms with Crippen LogP contribution in [0.4, 0.5) is 11.4 Å². The van der Waals surface area contributed by atoms with Crippen LogP contribution in [0.15, 0.2) is 52.4 Å². The molecule has 0 atom stereocenters. The molecular weight excluding hydrogens is 833 g/mol. The van der Waals surface area contributed by atoms with Gasteiger partial charge in [-0.1, -0.05) is 110 Å². The van der Waals surface area contributed by atoms with E-state index in [9.17, 15) is 0 Å². The summed E-state index contributed by atoms with van der Waals surface area (Å²) in [7, 11) is 0. The Morgan fingerprint density at radius 2 is 0.731 bits per heavy atom. The van der Waals surface area contributed by atoms with Gasteiger partial charge < -0.3 is 37.2 Å². The molecule has 0 fully saturated rings. The number of hydrogen-bond acceptors (Lipinski definition) is 3. The molecule has 0 spiro atoms. The molecule has 0 saturated carbocycles. The van der Waals surface area contributed by atoms with E-state index >= 15 is 0 Å². The molecule has 0 aliphatic carbocycles. The fraction of sp³-hybridized carbons (Fsp3) is 0.578. The zero-order chi connectivity index (χ0) is 34.7. The van der Waals surface area contributed by atoms with Gasteiger partial charge in [0.15, 0.2) is 0 Å². The van der Waals surface area contributed by atoms with Crippen LogP contribution in [0.5, 0.6) is 0 Å². The van der Waals surface area contributed by atoms with Gasteiger partial charge in [-0.05, 0) is 136 Å². The fourth-order valence-corrected chi connectivity index (χ4v) is 6.52. The number of unbranched alkanes of at least 4 members (excludes halogenated alkanes) is 6. The Morgan fingerprint density at radius 3 is 1.00 bits per heavy atom. The third-order valence-electron chi connectivity index (χ3n) is 9.54. The number of benzene rings is 2. The van der Waals surface area contributed by atoms with Crippen LogP contribution in [0.25, 0.3) is 0 Å². The first-order chi connectivity index (χ1) is 23.4. The third-order valence-corrected chi connectivity index (χ3v) is 9.54. The van der Waals surface area contributed by atoms with E-state index in [0.717, 1.165) is 61.3 Å². The molecule has 0 aliphatic rings. The molecule has 0 saturated heterocycles. The Morgan fingerprint density at radius 1 is 0.462 bits per heavy atom. The molecule has 0 aliphatic heterocycles. The minimum absolute atomic E-state index is 0. The van der Waals surface area contributed by atoms with Gasteiger partial charge in [0.05, 0.1) is 34.2 Å². The van der Waals surface area contributed by atoms with Crippen LogP contribution < -0.4 is 37.2 Å². The maximum atomic E-state index is 5.38. The summed E-state index contributed by atoms with van der Waals surface area (Å²) in [6.45, 7) is 18.0. The molecule has 52 heavy (non-hydrogen) atoms. The molecule has 0 unspecified atom stereocenters. The molecule has 1 heterocycles. The molecule has 287 valence electrons. The zero-order valence-electron chi connectivity index (χ0n) is 33.7. The predicted molar refractivity (Wildman–Crippen MR) is 213 cm³/mol. The van der Waals surface area contributed by atoms with Crippen molar-refractivity contribution in [1.29, 1.82) is 0 Å². The summed E-state index contributed by atoms with van der Waals surface area (Å²) >= 11 is 0. The summed E-state index contributed by atoms with van der Waals surface area (Å²) in [6, 6.07) is 16.2. The normalized spacial score (nSPS) is 11.3. The van der Waals surface area contributed by atoms with E-state index in [0.29, 0.717) is 0 Å². The first-order valence-corrected chi connectivity index (χ1v) is 19.8. The predicted octanol–water partition coefficient (Wildman–Crippen LogP) is 4.43. The van der Waals surface area contributed by atoms with E-state index in [1.54, 1.807) is 0 Å². The van der Waals surface area contributed by atoms with Gasteiger partial charge in [0.2, 0.25) is 0 Å². The Bertz CT molecular complexity index is 1320. The van der Waals surface area contributed by atoms with E-state index in [1.165, 1.54) is 122 Å². The van der Waals surface area contributed by atoms with Gasteiger partial charge in [0, 0.05) is 0 Å². The number of hydrogen-bond donors (Lipinski definition) is 0. The molecule has 3 rings (SSSR count). The summed E-state index contributed by atoms with van der Waals surface area (Å²) in [5.41, 5.74) is 14.8. The smallest absolute Gasteiger partial charge is 1.00 e. The summed E-state index contributed by atoms with van der Waals surface area (Å²) in [6.07, 6.45) is 21.1. The standard InChI is InChI=1S/C45H67N3.3ClH.Nd/c1-9-15-22-36-30-38(24-17-11-3)44(39(31-36)25-18-12-4)46-34(7)42-28-21-29-43(48-42)35(8)47-45-40(26-19-13-5)32-37(23-16-10-2)33-41(45)27-20-14-6;;;;/h21,28-33H,9-20,22-27H2,1-8H3;3*1H;/q;;;;+3/p-3. The average molecular weight is 901 g/mol. The molecule has 1 aromatic heterocycles. The largest absolute Gasteiger partial charge is 3.00 e. The van der Waals surface area contributed by atoms with Crippen molar-refractivity contribution in [2.45, 2.75) is 171 Å². The van der Waals surface area contributed by atoms with Crippen molar-refractivity contribution in [3.8, 4) is 0 Å². The van der Waals surface area contributed by atoms with Crippen molar-refractivity contribution in [3.63, 3.8) is 0 Å². The van der Waals surface area contributed by atoms with Crippen LogP contribution in [0.3, 0.4) is 0 Å². The van der Waals surface area contributed by atoms with Gasteiger partial charge in [0.1, 0.15) is 0 Å². The number of aryl methyl sites for hydroxylation is 6. The van der Waals surface area contributed by atoms with Crippen molar-refractivity contribution in [1.82, 2.24) is 4.98 Å². The van der Waals surface area contributed by atoms with Crippen LogP contribution in [-0.4, -0.2) is 16.4 Å². The van der Waals surface area contributed by atoms with Crippen LogP contribution in [0.1, 0.15) is 177 Å². The van der Waals surface area contributed by atoms with Gasteiger partial charge in [-0.3, -0.25) is 9.98 Å². The van der Waals surface area contributed by atoms with Gasteiger partial charge >= 0.3 is 40.8 Å². The van der Waals surface area contributed by atoms with E-state index in [1.807, 2.05) is 0 Å². The van der Waals surface area contributed by atoms with E-state index in [4.69, 9.17) is 15.0 Å². The van der Waals surface area contributed by atoms with E-state index < -0.39 is 0 Å².